The molecule has 98 valence electrons. The first-order valence-corrected chi connectivity index (χ1v) is 7.87. The Morgan fingerprint density at radius 3 is 2.59 bits per heavy atom. The first-order chi connectivity index (χ1) is 7.73. The highest BCUT2D eigenvalue weighted by Crippen LogP contribution is 2.22. The number of nitrogens with one attached hydrogen (secondary N) is 1. The molecular formula is C12H22N2OS2. The van der Waals surface area contributed by atoms with Crippen molar-refractivity contribution in [2.45, 2.75) is 51.3 Å². The molecule has 1 N–H and O–H groups in total. The van der Waals surface area contributed by atoms with Gasteiger partial charge in [0.05, 0.1) is 0 Å². The van der Waals surface area contributed by atoms with Gasteiger partial charge in [0.1, 0.15) is 0 Å². The highest BCUT2D eigenvalue weighted by molar-refractivity contribution is 7.84. The molecular weight excluding hydrogens is 252 g/mol. The lowest BCUT2D eigenvalue weighted by atomic mass is 9.92. The maximum atomic E-state index is 11.3. The molecule has 0 aliphatic rings. The Morgan fingerprint density at radius 1 is 1.53 bits per heavy atom. The Morgan fingerprint density at radius 2 is 2.12 bits per heavy atom. The van der Waals surface area contributed by atoms with E-state index in [9.17, 15) is 4.21 Å². The largest absolute Gasteiger partial charge is 0.337 e. The van der Waals surface area contributed by atoms with Crippen molar-refractivity contribution < 1.29 is 4.21 Å². The number of hydrogen-bond acceptors (Lipinski definition) is 2. The molecule has 0 saturated carbocycles. The second-order valence-electron chi connectivity index (χ2n) is 5.48. The minimum atomic E-state index is -0.764. The molecule has 1 aromatic heterocycles. The molecule has 0 fully saturated rings. The summed E-state index contributed by atoms with van der Waals surface area (Å²) in [5.74, 6) is 0. The Kier molecular flexibility index (Phi) is 4.72. The molecule has 5 heteroatoms. The second kappa shape index (κ2) is 5.48. The summed E-state index contributed by atoms with van der Waals surface area (Å²) >= 11 is 5.29. The zero-order valence-electron chi connectivity index (χ0n) is 11.2. The fourth-order valence-electron chi connectivity index (χ4n) is 1.72. The average Bonchev–Trinajstić information content (AvgIpc) is 2.55. The lowest BCUT2D eigenvalue weighted by Gasteiger charge is -2.21. The summed E-state index contributed by atoms with van der Waals surface area (Å²) in [6.45, 7) is 9.35. The van der Waals surface area contributed by atoms with E-state index in [0.717, 1.165) is 17.7 Å². The van der Waals surface area contributed by atoms with E-state index in [1.807, 2.05) is 13.1 Å². The molecule has 0 aliphatic carbocycles. The number of aromatic nitrogens is 2. The fourth-order valence-corrected chi connectivity index (χ4v) is 2.40. The molecule has 0 amide bonds. The third kappa shape index (κ3) is 3.78. The Hall–Kier alpha value is -0.420. The SMILES string of the molecule is CC(CCn1c(C(C)(C)C)c[nH]c1=S)S(C)=O. The van der Waals surface area contributed by atoms with Gasteiger partial charge in [-0.05, 0) is 18.6 Å². The van der Waals surface area contributed by atoms with Crippen LogP contribution in [0.4, 0.5) is 0 Å². The zero-order chi connectivity index (χ0) is 13.2. The van der Waals surface area contributed by atoms with Crippen LogP contribution < -0.4 is 0 Å². The smallest absolute Gasteiger partial charge is 0.177 e. The van der Waals surface area contributed by atoms with Crippen LogP contribution in [-0.2, 0) is 22.8 Å². The number of hydrogen-bond donors (Lipinski definition) is 1. The van der Waals surface area contributed by atoms with Crippen LogP contribution in [-0.4, -0.2) is 25.3 Å². The normalized spacial score (nSPS) is 15.8. The van der Waals surface area contributed by atoms with Crippen LogP contribution in [0.1, 0.15) is 39.8 Å². The monoisotopic (exact) mass is 274 g/mol. The van der Waals surface area contributed by atoms with Crippen molar-refractivity contribution in [3.8, 4) is 0 Å². The third-order valence-electron chi connectivity index (χ3n) is 2.96. The highest BCUT2D eigenvalue weighted by Gasteiger charge is 2.19. The quantitative estimate of drug-likeness (QED) is 0.857. The van der Waals surface area contributed by atoms with Gasteiger partial charge < -0.3 is 9.55 Å². The minimum absolute atomic E-state index is 0.0716. The van der Waals surface area contributed by atoms with Crippen molar-refractivity contribution in [2.75, 3.05) is 6.26 Å². The van der Waals surface area contributed by atoms with Crippen molar-refractivity contribution >= 4 is 23.0 Å². The van der Waals surface area contributed by atoms with E-state index in [2.05, 4.69) is 30.3 Å². The standard InChI is InChI=1S/C12H22N2OS2/c1-9(17(5)15)6-7-14-10(12(2,3)4)8-13-11(14)16/h8-9H,6-7H2,1-5H3,(H,13,16). The van der Waals surface area contributed by atoms with Gasteiger partial charge in [-0.3, -0.25) is 4.21 Å². The van der Waals surface area contributed by atoms with Gasteiger partial charge in [-0.15, -0.1) is 0 Å². The predicted molar refractivity (Wildman–Crippen MR) is 76.5 cm³/mol. The lowest BCUT2D eigenvalue weighted by Crippen LogP contribution is -2.20. The third-order valence-corrected chi connectivity index (χ3v) is 4.67. The van der Waals surface area contributed by atoms with Crippen molar-refractivity contribution in [1.29, 1.82) is 0 Å². The van der Waals surface area contributed by atoms with Crippen molar-refractivity contribution in [2.24, 2.45) is 0 Å². The molecule has 0 spiro atoms. The Labute approximate surface area is 111 Å². The van der Waals surface area contributed by atoms with Gasteiger partial charge in [0.25, 0.3) is 0 Å². The van der Waals surface area contributed by atoms with Gasteiger partial charge in [0.2, 0.25) is 0 Å². The van der Waals surface area contributed by atoms with Crippen LogP contribution in [0.15, 0.2) is 6.20 Å². The molecule has 1 rings (SSSR count). The van der Waals surface area contributed by atoms with E-state index in [0.29, 0.717) is 0 Å². The van der Waals surface area contributed by atoms with Crippen molar-refractivity contribution in [3.05, 3.63) is 16.7 Å². The fraction of sp³-hybridized carbons (Fsp3) is 0.750. The Balaban J connectivity index is 2.88. The summed E-state index contributed by atoms with van der Waals surface area (Å²) in [6, 6.07) is 0. The summed E-state index contributed by atoms with van der Waals surface area (Å²) in [7, 11) is -0.764. The van der Waals surface area contributed by atoms with Gasteiger partial charge in [-0.2, -0.15) is 0 Å². The minimum Gasteiger partial charge on any atom is -0.337 e. The molecule has 0 aliphatic heterocycles. The van der Waals surface area contributed by atoms with Crippen LogP contribution in [0.25, 0.3) is 0 Å². The number of nitrogens with zero attached hydrogens (tertiary/aromatic N) is 1. The van der Waals surface area contributed by atoms with Gasteiger partial charge in [-0.1, -0.05) is 27.7 Å². The van der Waals surface area contributed by atoms with E-state index in [-0.39, 0.29) is 10.7 Å². The molecule has 1 heterocycles. The van der Waals surface area contributed by atoms with Crippen LogP contribution in [0.2, 0.25) is 0 Å². The van der Waals surface area contributed by atoms with Crippen LogP contribution in [0.3, 0.4) is 0 Å². The van der Waals surface area contributed by atoms with E-state index in [4.69, 9.17) is 12.2 Å². The van der Waals surface area contributed by atoms with E-state index >= 15 is 0 Å². The molecule has 0 aromatic carbocycles. The predicted octanol–water partition coefficient (Wildman–Crippen LogP) is 3.00. The summed E-state index contributed by atoms with van der Waals surface area (Å²) in [5.41, 5.74) is 1.28. The molecule has 3 nitrogen and oxygen atoms in total. The van der Waals surface area contributed by atoms with Crippen molar-refractivity contribution in [3.63, 3.8) is 0 Å². The molecule has 2 unspecified atom stereocenters. The molecule has 0 saturated heterocycles. The first-order valence-electron chi connectivity index (χ1n) is 5.84. The van der Waals surface area contributed by atoms with Gasteiger partial charge in [0.15, 0.2) is 4.77 Å². The number of H-pyrrole nitrogens is 1. The first kappa shape index (κ1) is 14.6. The topological polar surface area (TPSA) is 37.8 Å². The van der Waals surface area contributed by atoms with Gasteiger partial charge >= 0.3 is 0 Å². The molecule has 2 atom stereocenters. The summed E-state index contributed by atoms with van der Waals surface area (Å²) in [4.78, 5) is 3.10. The van der Waals surface area contributed by atoms with E-state index < -0.39 is 10.8 Å². The summed E-state index contributed by atoms with van der Waals surface area (Å²) in [5, 5.41) is 0.208. The van der Waals surface area contributed by atoms with Crippen LogP contribution >= 0.6 is 12.2 Å². The Bertz CT molecular complexity index is 454. The summed E-state index contributed by atoms with van der Waals surface area (Å²) < 4.78 is 14.2. The van der Waals surface area contributed by atoms with Gasteiger partial charge in [0, 0.05) is 46.2 Å². The maximum absolute atomic E-state index is 11.3. The van der Waals surface area contributed by atoms with Crippen molar-refractivity contribution in [1.82, 2.24) is 9.55 Å². The average molecular weight is 274 g/mol. The van der Waals surface area contributed by atoms with Gasteiger partial charge in [-0.25, -0.2) is 0 Å². The summed E-state index contributed by atoms with van der Waals surface area (Å²) in [6.07, 6.45) is 4.62. The second-order valence-corrected chi connectivity index (χ2v) is 7.67. The lowest BCUT2D eigenvalue weighted by molar-refractivity contribution is 0.502. The molecule has 1 aromatic rings. The van der Waals surface area contributed by atoms with E-state index in [1.165, 1.54) is 5.69 Å². The number of imidazole rings is 1. The molecule has 0 bridgehead atoms. The number of aromatic amines is 1. The number of rotatable bonds is 4. The van der Waals surface area contributed by atoms with E-state index in [1.54, 1.807) is 6.26 Å². The van der Waals surface area contributed by atoms with Crippen LogP contribution in [0.5, 0.6) is 0 Å². The maximum Gasteiger partial charge on any atom is 0.177 e. The van der Waals surface area contributed by atoms with Crippen LogP contribution in [0, 0.1) is 4.77 Å². The zero-order valence-corrected chi connectivity index (χ0v) is 12.9. The molecule has 0 radical (unpaired) electrons. The molecule has 17 heavy (non-hydrogen) atoms. The highest BCUT2D eigenvalue weighted by atomic mass is 32.2.